The van der Waals surface area contributed by atoms with Crippen molar-refractivity contribution in [2.45, 2.75) is 33.7 Å². The third kappa shape index (κ3) is 6.40. The van der Waals surface area contributed by atoms with Crippen molar-refractivity contribution in [3.8, 4) is 0 Å². The lowest BCUT2D eigenvalue weighted by Crippen LogP contribution is -2.32. The monoisotopic (exact) mass is 300 g/mol. The highest BCUT2D eigenvalue weighted by atomic mass is 19.3. The molecular weight excluding hydrogens is 274 g/mol. The van der Waals surface area contributed by atoms with Gasteiger partial charge in [-0.25, -0.2) is 8.78 Å². The second-order valence-corrected chi connectivity index (χ2v) is 5.71. The Labute approximate surface area is 126 Å². The van der Waals surface area contributed by atoms with Gasteiger partial charge in [-0.15, -0.1) is 0 Å². The van der Waals surface area contributed by atoms with Gasteiger partial charge in [0.25, 0.3) is 6.43 Å². The minimum absolute atomic E-state index is 0.135. The zero-order chi connectivity index (χ0) is 15.8. The molecule has 1 aromatic rings. The molecule has 0 saturated heterocycles. The van der Waals surface area contributed by atoms with Crippen LogP contribution in [0.5, 0.6) is 0 Å². The second kappa shape index (κ2) is 8.95. The van der Waals surface area contributed by atoms with Gasteiger partial charge in [-0.3, -0.25) is 0 Å². The van der Waals surface area contributed by atoms with Crippen molar-refractivity contribution in [2.75, 3.05) is 31.1 Å². The van der Waals surface area contributed by atoms with Crippen LogP contribution in [0.2, 0.25) is 0 Å². The second-order valence-electron chi connectivity index (χ2n) is 5.71. The standard InChI is InChI=1S/C16H26F2N2O/c1-12(2)9-19-10-14-4-5-15(13(3)8-14)20(6-7-21)11-16(17)18/h4-5,8,12,16,19,21H,6-7,9-11H2,1-3H3. The van der Waals surface area contributed by atoms with Crippen molar-refractivity contribution in [3.05, 3.63) is 29.3 Å². The Morgan fingerprint density at radius 1 is 1.29 bits per heavy atom. The fourth-order valence-corrected chi connectivity index (χ4v) is 2.28. The van der Waals surface area contributed by atoms with Gasteiger partial charge in [0, 0.05) is 18.8 Å². The van der Waals surface area contributed by atoms with Crippen LogP contribution in [-0.4, -0.2) is 37.8 Å². The minimum Gasteiger partial charge on any atom is -0.395 e. The summed E-state index contributed by atoms with van der Waals surface area (Å²) in [4.78, 5) is 1.53. The predicted octanol–water partition coefficient (Wildman–Crippen LogP) is 2.80. The van der Waals surface area contributed by atoms with E-state index in [0.29, 0.717) is 5.92 Å². The van der Waals surface area contributed by atoms with Crippen molar-refractivity contribution in [1.29, 1.82) is 0 Å². The lowest BCUT2D eigenvalue weighted by molar-refractivity contribution is 0.153. The number of benzene rings is 1. The van der Waals surface area contributed by atoms with E-state index < -0.39 is 6.43 Å². The van der Waals surface area contributed by atoms with E-state index in [1.807, 2.05) is 25.1 Å². The normalized spacial score (nSPS) is 11.4. The summed E-state index contributed by atoms with van der Waals surface area (Å²) >= 11 is 0. The molecule has 1 rings (SSSR count). The summed E-state index contributed by atoms with van der Waals surface area (Å²) < 4.78 is 25.2. The van der Waals surface area contributed by atoms with Crippen LogP contribution in [0.25, 0.3) is 0 Å². The number of rotatable bonds is 9. The van der Waals surface area contributed by atoms with E-state index in [2.05, 4.69) is 19.2 Å². The third-order valence-corrected chi connectivity index (χ3v) is 3.21. The van der Waals surface area contributed by atoms with Crippen molar-refractivity contribution in [3.63, 3.8) is 0 Å². The van der Waals surface area contributed by atoms with E-state index >= 15 is 0 Å². The van der Waals surface area contributed by atoms with E-state index in [9.17, 15) is 8.78 Å². The molecule has 0 bridgehead atoms. The first-order chi connectivity index (χ1) is 9.93. The lowest BCUT2D eigenvalue weighted by atomic mass is 10.1. The number of nitrogens with one attached hydrogen (secondary N) is 1. The van der Waals surface area contributed by atoms with E-state index in [1.54, 1.807) is 0 Å². The van der Waals surface area contributed by atoms with Gasteiger partial charge in [-0.05, 0) is 36.6 Å². The summed E-state index contributed by atoms with van der Waals surface area (Å²) in [5, 5.41) is 12.4. The highest BCUT2D eigenvalue weighted by molar-refractivity contribution is 5.54. The molecule has 1 aromatic carbocycles. The number of alkyl halides is 2. The number of aliphatic hydroxyl groups is 1. The number of hydrogen-bond donors (Lipinski definition) is 2. The Morgan fingerprint density at radius 2 is 2.00 bits per heavy atom. The maximum atomic E-state index is 12.6. The number of aryl methyl sites for hydroxylation is 1. The Balaban J connectivity index is 2.74. The Morgan fingerprint density at radius 3 is 2.52 bits per heavy atom. The molecule has 0 atom stereocenters. The maximum Gasteiger partial charge on any atom is 0.255 e. The van der Waals surface area contributed by atoms with Gasteiger partial charge in [-0.1, -0.05) is 26.0 Å². The molecule has 5 heteroatoms. The zero-order valence-electron chi connectivity index (χ0n) is 13.1. The van der Waals surface area contributed by atoms with Crippen LogP contribution in [0.4, 0.5) is 14.5 Å². The summed E-state index contributed by atoms with van der Waals surface area (Å²) in [6.45, 7) is 7.66. The zero-order valence-corrected chi connectivity index (χ0v) is 13.1. The van der Waals surface area contributed by atoms with Crippen LogP contribution in [0.1, 0.15) is 25.0 Å². The molecule has 0 saturated carbocycles. The maximum absolute atomic E-state index is 12.6. The molecule has 120 valence electrons. The fourth-order valence-electron chi connectivity index (χ4n) is 2.28. The SMILES string of the molecule is Cc1cc(CNCC(C)C)ccc1N(CCO)CC(F)F. The number of halogens is 2. The number of anilines is 1. The van der Waals surface area contributed by atoms with Crippen LogP contribution in [0, 0.1) is 12.8 Å². The summed E-state index contributed by atoms with van der Waals surface area (Å²) in [5.74, 6) is 0.594. The minimum atomic E-state index is -2.41. The van der Waals surface area contributed by atoms with Gasteiger partial charge in [0.05, 0.1) is 13.2 Å². The van der Waals surface area contributed by atoms with Gasteiger partial charge in [0.1, 0.15) is 0 Å². The molecule has 0 radical (unpaired) electrons. The van der Waals surface area contributed by atoms with E-state index in [0.717, 1.165) is 29.9 Å². The molecule has 0 spiro atoms. The lowest BCUT2D eigenvalue weighted by Gasteiger charge is -2.25. The average molecular weight is 300 g/mol. The van der Waals surface area contributed by atoms with Gasteiger partial charge in [0.15, 0.2) is 0 Å². The number of hydrogen-bond acceptors (Lipinski definition) is 3. The van der Waals surface area contributed by atoms with Crippen molar-refractivity contribution in [1.82, 2.24) is 5.32 Å². The molecule has 0 unspecified atom stereocenters. The largest absolute Gasteiger partial charge is 0.395 e. The predicted molar refractivity (Wildman–Crippen MR) is 83.0 cm³/mol. The molecule has 0 aliphatic carbocycles. The molecule has 2 N–H and O–H groups in total. The summed E-state index contributed by atoms with van der Waals surface area (Å²) in [6.07, 6.45) is -2.41. The average Bonchev–Trinajstić information content (AvgIpc) is 2.37. The van der Waals surface area contributed by atoms with Crippen LogP contribution in [0.3, 0.4) is 0 Å². The molecule has 0 fully saturated rings. The van der Waals surface area contributed by atoms with Gasteiger partial charge >= 0.3 is 0 Å². The fraction of sp³-hybridized carbons (Fsp3) is 0.625. The van der Waals surface area contributed by atoms with E-state index in [1.165, 1.54) is 4.90 Å². The first kappa shape index (κ1) is 17.9. The molecular formula is C16H26F2N2O. The highest BCUT2D eigenvalue weighted by Crippen LogP contribution is 2.22. The summed E-state index contributed by atoms with van der Waals surface area (Å²) in [7, 11) is 0. The molecule has 0 heterocycles. The van der Waals surface area contributed by atoms with Crippen LogP contribution in [-0.2, 0) is 6.54 Å². The molecule has 0 aliphatic rings. The smallest absolute Gasteiger partial charge is 0.255 e. The quantitative estimate of drug-likeness (QED) is 0.736. The third-order valence-electron chi connectivity index (χ3n) is 3.21. The Hall–Kier alpha value is -1.20. The topological polar surface area (TPSA) is 35.5 Å². The summed E-state index contributed by atoms with van der Waals surface area (Å²) in [6, 6.07) is 5.82. The molecule has 21 heavy (non-hydrogen) atoms. The van der Waals surface area contributed by atoms with Gasteiger partial charge in [0.2, 0.25) is 0 Å². The Kier molecular flexibility index (Phi) is 7.61. The van der Waals surface area contributed by atoms with Crippen LogP contribution >= 0.6 is 0 Å². The molecule has 3 nitrogen and oxygen atoms in total. The van der Waals surface area contributed by atoms with E-state index in [4.69, 9.17) is 5.11 Å². The van der Waals surface area contributed by atoms with Crippen molar-refractivity contribution < 1.29 is 13.9 Å². The molecule has 0 aromatic heterocycles. The summed E-state index contributed by atoms with van der Waals surface area (Å²) in [5.41, 5.74) is 2.85. The number of nitrogens with zero attached hydrogens (tertiary/aromatic N) is 1. The number of aliphatic hydroxyl groups excluding tert-OH is 1. The first-order valence-electron chi connectivity index (χ1n) is 7.38. The van der Waals surface area contributed by atoms with Crippen LogP contribution in [0.15, 0.2) is 18.2 Å². The highest BCUT2D eigenvalue weighted by Gasteiger charge is 2.14. The van der Waals surface area contributed by atoms with Crippen LogP contribution < -0.4 is 10.2 Å². The molecule has 0 aliphatic heterocycles. The molecule has 0 amide bonds. The van der Waals surface area contributed by atoms with Crippen molar-refractivity contribution in [2.24, 2.45) is 5.92 Å². The Bertz CT molecular complexity index is 425. The first-order valence-corrected chi connectivity index (χ1v) is 7.38. The van der Waals surface area contributed by atoms with Gasteiger partial charge in [-0.2, -0.15) is 0 Å². The van der Waals surface area contributed by atoms with E-state index in [-0.39, 0.29) is 19.7 Å². The van der Waals surface area contributed by atoms with Gasteiger partial charge < -0.3 is 15.3 Å². The van der Waals surface area contributed by atoms with Crippen molar-refractivity contribution >= 4 is 5.69 Å².